The lowest BCUT2D eigenvalue weighted by molar-refractivity contribution is 0.175. The predicted molar refractivity (Wildman–Crippen MR) is 91.9 cm³/mol. The first-order chi connectivity index (χ1) is 10.7. The minimum absolute atomic E-state index is 0.522. The van der Waals surface area contributed by atoms with Gasteiger partial charge in [-0.15, -0.1) is 0 Å². The highest BCUT2D eigenvalue weighted by molar-refractivity contribution is 5.65. The molecule has 1 saturated heterocycles. The van der Waals surface area contributed by atoms with Crippen molar-refractivity contribution in [2.75, 3.05) is 13.1 Å². The first-order valence-corrected chi connectivity index (χ1v) is 8.57. The third-order valence-corrected chi connectivity index (χ3v) is 4.91. The first-order valence-electron chi connectivity index (χ1n) is 8.57. The molecule has 1 aromatic carbocycles. The topological polar surface area (TPSA) is 21.1 Å². The van der Waals surface area contributed by atoms with E-state index in [1.54, 1.807) is 0 Å². The number of aromatic nitrogens is 2. The Hall–Kier alpha value is -1.61. The molecule has 0 bridgehead atoms. The van der Waals surface area contributed by atoms with Gasteiger partial charge in [-0.2, -0.15) is 5.10 Å². The summed E-state index contributed by atoms with van der Waals surface area (Å²) >= 11 is 0. The van der Waals surface area contributed by atoms with Gasteiger partial charge < -0.3 is 0 Å². The van der Waals surface area contributed by atoms with Crippen LogP contribution >= 0.6 is 0 Å². The van der Waals surface area contributed by atoms with Gasteiger partial charge in [-0.05, 0) is 57.8 Å². The fourth-order valence-corrected chi connectivity index (χ4v) is 3.42. The minimum Gasteiger partial charge on any atom is -0.297 e. The molecule has 3 rings (SSSR count). The normalized spacial score (nSPS) is 17.6. The van der Waals surface area contributed by atoms with Crippen molar-refractivity contribution in [1.29, 1.82) is 0 Å². The fraction of sp³-hybridized carbons (Fsp3) is 0.526. The molecule has 0 radical (unpaired) electrons. The second-order valence-corrected chi connectivity index (χ2v) is 6.38. The summed E-state index contributed by atoms with van der Waals surface area (Å²) in [6.45, 7) is 9.95. The summed E-state index contributed by atoms with van der Waals surface area (Å²) in [5.74, 6) is 0. The van der Waals surface area contributed by atoms with Gasteiger partial charge in [0.15, 0.2) is 0 Å². The Bertz CT molecular complexity index is 606. The van der Waals surface area contributed by atoms with Gasteiger partial charge in [0, 0.05) is 24.3 Å². The van der Waals surface area contributed by atoms with E-state index in [1.807, 2.05) is 4.68 Å². The van der Waals surface area contributed by atoms with Crippen LogP contribution in [-0.2, 0) is 6.54 Å². The van der Waals surface area contributed by atoms with E-state index in [2.05, 4.69) is 61.2 Å². The maximum Gasteiger partial charge on any atom is 0.0672 e. The van der Waals surface area contributed by atoms with Crippen molar-refractivity contribution in [3.8, 4) is 11.1 Å². The summed E-state index contributed by atoms with van der Waals surface area (Å²) in [5, 5.41) is 4.54. The van der Waals surface area contributed by atoms with Crippen molar-refractivity contribution in [1.82, 2.24) is 14.7 Å². The van der Waals surface area contributed by atoms with Crippen LogP contribution in [0.4, 0.5) is 0 Å². The van der Waals surface area contributed by atoms with Gasteiger partial charge in [0.1, 0.15) is 0 Å². The molecular formula is C19H27N3. The van der Waals surface area contributed by atoms with Crippen molar-refractivity contribution in [2.45, 2.75) is 52.6 Å². The standard InChI is InChI=1S/C19H27N3/c1-4-22-14-19(15(2)20-22)18-10-8-17(9-11-18)16(3)21-12-6-5-7-13-21/h8-11,14,16H,4-7,12-13H2,1-3H3/t16-/m1/s1. The maximum atomic E-state index is 4.54. The Balaban J connectivity index is 1.78. The Morgan fingerprint density at radius 3 is 2.36 bits per heavy atom. The second kappa shape index (κ2) is 6.66. The van der Waals surface area contributed by atoms with Gasteiger partial charge in [-0.3, -0.25) is 9.58 Å². The largest absolute Gasteiger partial charge is 0.297 e. The van der Waals surface area contributed by atoms with Crippen LogP contribution < -0.4 is 0 Å². The van der Waals surface area contributed by atoms with Crippen LogP contribution in [0.25, 0.3) is 11.1 Å². The molecule has 2 heterocycles. The van der Waals surface area contributed by atoms with Crippen LogP contribution in [0.1, 0.15) is 50.4 Å². The zero-order valence-electron chi connectivity index (χ0n) is 14.0. The van der Waals surface area contributed by atoms with Gasteiger partial charge in [0.2, 0.25) is 0 Å². The minimum atomic E-state index is 0.522. The maximum absolute atomic E-state index is 4.54. The molecular weight excluding hydrogens is 270 g/mol. The number of hydrogen-bond donors (Lipinski definition) is 0. The molecule has 118 valence electrons. The molecule has 1 atom stereocenters. The van der Waals surface area contributed by atoms with Crippen molar-refractivity contribution in [3.05, 3.63) is 41.7 Å². The summed E-state index contributed by atoms with van der Waals surface area (Å²) in [4.78, 5) is 2.61. The third-order valence-electron chi connectivity index (χ3n) is 4.91. The number of aryl methyl sites for hydroxylation is 2. The van der Waals surface area contributed by atoms with E-state index in [9.17, 15) is 0 Å². The van der Waals surface area contributed by atoms with E-state index in [4.69, 9.17) is 0 Å². The first kappa shape index (κ1) is 15.3. The van der Waals surface area contributed by atoms with Crippen LogP contribution in [-0.4, -0.2) is 27.8 Å². The molecule has 0 N–H and O–H groups in total. The average molecular weight is 297 g/mol. The number of nitrogens with zero attached hydrogens (tertiary/aromatic N) is 3. The molecule has 0 amide bonds. The van der Waals surface area contributed by atoms with Crippen molar-refractivity contribution < 1.29 is 0 Å². The van der Waals surface area contributed by atoms with E-state index in [0.717, 1.165) is 12.2 Å². The molecule has 0 aliphatic carbocycles. The summed E-state index contributed by atoms with van der Waals surface area (Å²) in [7, 11) is 0. The number of likely N-dealkylation sites (tertiary alicyclic amines) is 1. The molecule has 1 aliphatic heterocycles. The highest BCUT2D eigenvalue weighted by Crippen LogP contribution is 2.28. The Morgan fingerprint density at radius 2 is 1.77 bits per heavy atom. The molecule has 1 fully saturated rings. The smallest absolute Gasteiger partial charge is 0.0672 e. The van der Waals surface area contributed by atoms with Gasteiger partial charge in [-0.1, -0.05) is 30.7 Å². The zero-order valence-corrected chi connectivity index (χ0v) is 14.0. The molecule has 1 aliphatic rings. The Labute approximate surface area is 133 Å². The summed E-state index contributed by atoms with van der Waals surface area (Å²) < 4.78 is 2.01. The van der Waals surface area contributed by atoms with E-state index >= 15 is 0 Å². The number of piperidine rings is 1. The van der Waals surface area contributed by atoms with Gasteiger partial charge in [-0.25, -0.2) is 0 Å². The van der Waals surface area contributed by atoms with E-state index < -0.39 is 0 Å². The summed E-state index contributed by atoms with van der Waals surface area (Å²) in [6, 6.07) is 9.60. The summed E-state index contributed by atoms with van der Waals surface area (Å²) in [6.07, 6.45) is 6.23. The van der Waals surface area contributed by atoms with Gasteiger partial charge >= 0.3 is 0 Å². The van der Waals surface area contributed by atoms with Crippen LogP contribution in [0.3, 0.4) is 0 Å². The van der Waals surface area contributed by atoms with Crippen LogP contribution in [0, 0.1) is 6.92 Å². The third kappa shape index (κ3) is 3.09. The molecule has 0 saturated carbocycles. The lowest BCUT2D eigenvalue weighted by Crippen LogP contribution is -2.32. The van der Waals surface area contributed by atoms with Crippen molar-refractivity contribution >= 4 is 0 Å². The lowest BCUT2D eigenvalue weighted by Gasteiger charge is -2.32. The molecule has 0 spiro atoms. The van der Waals surface area contributed by atoms with E-state index in [0.29, 0.717) is 6.04 Å². The molecule has 0 unspecified atom stereocenters. The Morgan fingerprint density at radius 1 is 1.09 bits per heavy atom. The predicted octanol–water partition coefficient (Wildman–Crippen LogP) is 4.43. The van der Waals surface area contributed by atoms with Gasteiger partial charge in [0.25, 0.3) is 0 Å². The average Bonchev–Trinajstić information content (AvgIpc) is 2.96. The van der Waals surface area contributed by atoms with E-state index in [-0.39, 0.29) is 0 Å². The number of benzene rings is 1. The quantitative estimate of drug-likeness (QED) is 0.832. The molecule has 1 aromatic heterocycles. The summed E-state index contributed by atoms with van der Waals surface area (Å²) in [5.41, 5.74) is 5.05. The van der Waals surface area contributed by atoms with Crippen molar-refractivity contribution in [2.24, 2.45) is 0 Å². The van der Waals surface area contributed by atoms with Gasteiger partial charge in [0.05, 0.1) is 5.69 Å². The molecule has 2 aromatic rings. The lowest BCUT2D eigenvalue weighted by atomic mass is 9.99. The zero-order chi connectivity index (χ0) is 15.5. The Kier molecular flexibility index (Phi) is 4.63. The SMILES string of the molecule is CCn1cc(-c2ccc([C@@H](C)N3CCCCC3)cc2)c(C)n1. The molecule has 3 nitrogen and oxygen atoms in total. The molecule has 3 heteroatoms. The van der Waals surface area contributed by atoms with E-state index in [1.165, 1.54) is 49.0 Å². The van der Waals surface area contributed by atoms with Crippen LogP contribution in [0.15, 0.2) is 30.5 Å². The molecule has 22 heavy (non-hydrogen) atoms. The fourth-order valence-electron chi connectivity index (χ4n) is 3.42. The van der Waals surface area contributed by atoms with Crippen LogP contribution in [0.2, 0.25) is 0 Å². The van der Waals surface area contributed by atoms with Crippen LogP contribution in [0.5, 0.6) is 0 Å². The second-order valence-electron chi connectivity index (χ2n) is 6.38. The highest BCUT2D eigenvalue weighted by Gasteiger charge is 2.18. The number of hydrogen-bond acceptors (Lipinski definition) is 2. The monoisotopic (exact) mass is 297 g/mol. The highest BCUT2D eigenvalue weighted by atomic mass is 15.3. The van der Waals surface area contributed by atoms with Crippen molar-refractivity contribution in [3.63, 3.8) is 0 Å². The number of rotatable bonds is 4.